The second kappa shape index (κ2) is 5.63. The van der Waals surface area contributed by atoms with Gasteiger partial charge >= 0.3 is 0 Å². The van der Waals surface area contributed by atoms with Crippen LogP contribution in [0.5, 0.6) is 0 Å². The lowest BCUT2D eigenvalue weighted by Gasteiger charge is -2.34. The molecular formula is C15H22N2OS. The lowest BCUT2D eigenvalue weighted by molar-refractivity contribution is 0.0650. The van der Waals surface area contributed by atoms with Crippen LogP contribution in [0.15, 0.2) is 16.8 Å². The summed E-state index contributed by atoms with van der Waals surface area (Å²) in [6.07, 6.45) is 4.88. The van der Waals surface area contributed by atoms with Gasteiger partial charge < -0.3 is 4.90 Å². The van der Waals surface area contributed by atoms with E-state index in [0.717, 1.165) is 25.1 Å². The number of thiophene rings is 1. The fourth-order valence-corrected chi connectivity index (χ4v) is 4.31. The van der Waals surface area contributed by atoms with Crippen molar-refractivity contribution >= 4 is 17.2 Å². The van der Waals surface area contributed by atoms with Crippen LogP contribution in [0.4, 0.5) is 0 Å². The number of amides is 1. The van der Waals surface area contributed by atoms with E-state index in [1.165, 1.54) is 25.8 Å². The van der Waals surface area contributed by atoms with Crippen molar-refractivity contribution in [3.05, 3.63) is 22.4 Å². The highest BCUT2D eigenvalue weighted by Crippen LogP contribution is 2.31. The second-order valence-electron chi connectivity index (χ2n) is 5.56. The normalized spacial score (nSPS) is 28.2. The minimum absolute atomic E-state index is 0.242. The number of hydrogen-bond donors (Lipinski definition) is 0. The van der Waals surface area contributed by atoms with Gasteiger partial charge in [-0.2, -0.15) is 11.3 Å². The van der Waals surface area contributed by atoms with Gasteiger partial charge in [0.25, 0.3) is 5.91 Å². The zero-order chi connectivity index (χ0) is 13.2. The Morgan fingerprint density at radius 3 is 2.84 bits per heavy atom. The molecule has 2 atom stereocenters. The molecule has 1 amide bonds. The van der Waals surface area contributed by atoms with Crippen LogP contribution in [-0.2, 0) is 0 Å². The average molecular weight is 278 g/mol. The van der Waals surface area contributed by atoms with Gasteiger partial charge in [0.2, 0.25) is 0 Å². The van der Waals surface area contributed by atoms with Crippen molar-refractivity contribution in [2.45, 2.75) is 44.7 Å². The number of hydrogen-bond acceptors (Lipinski definition) is 3. The summed E-state index contributed by atoms with van der Waals surface area (Å²) in [4.78, 5) is 17.3. The molecule has 0 saturated carbocycles. The van der Waals surface area contributed by atoms with Crippen LogP contribution in [0.25, 0.3) is 0 Å². The van der Waals surface area contributed by atoms with E-state index in [0.29, 0.717) is 12.1 Å². The largest absolute Gasteiger partial charge is 0.334 e. The molecule has 19 heavy (non-hydrogen) atoms. The van der Waals surface area contributed by atoms with Gasteiger partial charge in [-0.15, -0.1) is 0 Å². The monoisotopic (exact) mass is 278 g/mol. The molecule has 0 aromatic carbocycles. The molecule has 1 aromatic heterocycles. The highest BCUT2D eigenvalue weighted by atomic mass is 32.1. The molecule has 0 radical (unpaired) electrons. The zero-order valence-electron chi connectivity index (χ0n) is 11.5. The first-order valence-electron chi connectivity index (χ1n) is 7.38. The van der Waals surface area contributed by atoms with Gasteiger partial charge in [-0.25, -0.2) is 0 Å². The number of carbonyl (C=O) groups is 1. The van der Waals surface area contributed by atoms with E-state index in [2.05, 4.69) is 16.7 Å². The first-order chi connectivity index (χ1) is 9.31. The van der Waals surface area contributed by atoms with Crippen molar-refractivity contribution in [2.24, 2.45) is 0 Å². The minimum atomic E-state index is 0.242. The average Bonchev–Trinajstić information content (AvgIpc) is 3.16. The maximum atomic E-state index is 12.6. The molecular weight excluding hydrogens is 256 g/mol. The molecule has 1 aromatic rings. The Hall–Kier alpha value is -0.870. The number of likely N-dealkylation sites (tertiary alicyclic amines) is 2. The van der Waals surface area contributed by atoms with E-state index in [9.17, 15) is 4.79 Å². The summed E-state index contributed by atoms with van der Waals surface area (Å²) >= 11 is 1.61. The molecule has 4 heteroatoms. The summed E-state index contributed by atoms with van der Waals surface area (Å²) in [5.74, 6) is 0.242. The SMILES string of the molecule is CCN1CCC[C@H]1[C@@H]1CCCN1C(=O)c1ccsc1. The first-order valence-corrected chi connectivity index (χ1v) is 8.32. The summed E-state index contributed by atoms with van der Waals surface area (Å²) in [7, 11) is 0. The van der Waals surface area contributed by atoms with Crippen molar-refractivity contribution in [3.8, 4) is 0 Å². The molecule has 2 fully saturated rings. The highest BCUT2D eigenvalue weighted by molar-refractivity contribution is 7.08. The van der Waals surface area contributed by atoms with Crippen LogP contribution in [0, 0.1) is 0 Å². The molecule has 0 spiro atoms. The van der Waals surface area contributed by atoms with Crippen molar-refractivity contribution in [3.63, 3.8) is 0 Å². The third kappa shape index (κ3) is 2.43. The zero-order valence-corrected chi connectivity index (χ0v) is 12.4. The molecule has 2 aliphatic heterocycles. The molecule has 3 nitrogen and oxygen atoms in total. The van der Waals surface area contributed by atoms with Crippen LogP contribution in [-0.4, -0.2) is 47.4 Å². The van der Waals surface area contributed by atoms with Crippen molar-refractivity contribution < 1.29 is 4.79 Å². The fourth-order valence-electron chi connectivity index (χ4n) is 3.68. The topological polar surface area (TPSA) is 23.6 Å². The van der Waals surface area contributed by atoms with Crippen molar-refractivity contribution in [1.82, 2.24) is 9.80 Å². The lowest BCUT2D eigenvalue weighted by atomic mass is 10.0. The van der Waals surface area contributed by atoms with E-state index in [4.69, 9.17) is 0 Å². The highest BCUT2D eigenvalue weighted by Gasteiger charge is 2.39. The van der Waals surface area contributed by atoms with Crippen LogP contribution < -0.4 is 0 Å². The Labute approximate surface area is 119 Å². The van der Waals surface area contributed by atoms with Gasteiger partial charge in [0.15, 0.2) is 0 Å². The summed E-state index contributed by atoms with van der Waals surface area (Å²) in [5, 5.41) is 3.97. The number of rotatable bonds is 3. The van der Waals surface area contributed by atoms with Crippen molar-refractivity contribution in [1.29, 1.82) is 0 Å². The van der Waals surface area contributed by atoms with E-state index < -0.39 is 0 Å². The molecule has 0 bridgehead atoms. The smallest absolute Gasteiger partial charge is 0.255 e. The second-order valence-corrected chi connectivity index (χ2v) is 6.34. The summed E-state index contributed by atoms with van der Waals surface area (Å²) in [6, 6.07) is 2.99. The molecule has 0 N–H and O–H groups in total. The van der Waals surface area contributed by atoms with E-state index >= 15 is 0 Å². The lowest BCUT2D eigenvalue weighted by Crippen LogP contribution is -2.48. The Kier molecular flexibility index (Phi) is 3.89. The molecule has 3 heterocycles. The molecule has 0 aliphatic carbocycles. The van der Waals surface area contributed by atoms with Crippen LogP contribution in [0.2, 0.25) is 0 Å². The first kappa shape index (κ1) is 13.1. The minimum Gasteiger partial charge on any atom is -0.334 e. The predicted molar refractivity (Wildman–Crippen MR) is 78.6 cm³/mol. The molecule has 0 unspecified atom stereocenters. The third-order valence-corrected chi connectivity index (χ3v) is 5.28. The van der Waals surface area contributed by atoms with Crippen molar-refractivity contribution in [2.75, 3.05) is 19.6 Å². The van der Waals surface area contributed by atoms with Gasteiger partial charge in [-0.05, 0) is 50.2 Å². The summed E-state index contributed by atoms with van der Waals surface area (Å²) < 4.78 is 0. The van der Waals surface area contributed by atoms with Gasteiger partial charge in [0, 0.05) is 24.0 Å². The number of nitrogens with zero attached hydrogens (tertiary/aromatic N) is 2. The van der Waals surface area contributed by atoms with Crippen LogP contribution in [0.1, 0.15) is 43.0 Å². The Morgan fingerprint density at radius 1 is 1.32 bits per heavy atom. The van der Waals surface area contributed by atoms with Gasteiger partial charge in [0.05, 0.1) is 5.56 Å². The number of carbonyl (C=O) groups excluding carboxylic acids is 1. The molecule has 2 saturated heterocycles. The van der Waals surface area contributed by atoms with Gasteiger partial charge in [-0.3, -0.25) is 9.69 Å². The Balaban J connectivity index is 1.76. The van der Waals surface area contributed by atoms with E-state index in [1.807, 2.05) is 16.8 Å². The Morgan fingerprint density at radius 2 is 2.11 bits per heavy atom. The van der Waals surface area contributed by atoms with Crippen LogP contribution >= 0.6 is 11.3 Å². The number of likely N-dealkylation sites (N-methyl/N-ethyl adjacent to an activating group) is 1. The molecule has 3 rings (SSSR count). The standard InChI is InChI=1S/C15H22N2OS/c1-2-16-8-3-5-13(16)14-6-4-9-17(14)15(18)12-7-10-19-11-12/h7,10-11,13-14H,2-6,8-9H2,1H3/t13-,14-/m0/s1. The molecule has 104 valence electrons. The Bertz CT molecular complexity index is 431. The summed E-state index contributed by atoms with van der Waals surface area (Å²) in [5.41, 5.74) is 0.873. The third-order valence-electron chi connectivity index (χ3n) is 4.59. The van der Waals surface area contributed by atoms with Gasteiger partial charge in [-0.1, -0.05) is 6.92 Å². The van der Waals surface area contributed by atoms with Gasteiger partial charge in [0.1, 0.15) is 0 Å². The van der Waals surface area contributed by atoms with E-state index in [-0.39, 0.29) is 5.91 Å². The predicted octanol–water partition coefficient (Wildman–Crippen LogP) is 2.84. The summed E-state index contributed by atoms with van der Waals surface area (Å²) in [6.45, 7) is 5.49. The van der Waals surface area contributed by atoms with Crippen LogP contribution in [0.3, 0.4) is 0 Å². The molecule has 2 aliphatic rings. The van der Waals surface area contributed by atoms with E-state index in [1.54, 1.807) is 11.3 Å². The maximum Gasteiger partial charge on any atom is 0.255 e. The fraction of sp³-hybridized carbons (Fsp3) is 0.667. The quantitative estimate of drug-likeness (QED) is 0.849. The maximum absolute atomic E-state index is 12.6.